The molecule has 1 aromatic heterocycles. The number of aromatic hydroxyl groups is 1. The van der Waals surface area contributed by atoms with Crippen LogP contribution >= 0.6 is 0 Å². The molecule has 3 rings (SSSR count). The minimum Gasteiger partial charge on any atom is -0.507 e. The third kappa shape index (κ3) is 2.01. The molecule has 2 aromatic carbocycles. The first kappa shape index (κ1) is 11.6. The van der Waals surface area contributed by atoms with Crippen LogP contribution in [0, 0.1) is 6.92 Å². The molecule has 0 amide bonds. The zero-order valence-electron chi connectivity index (χ0n) is 10.8. The maximum atomic E-state index is 9.95. The van der Waals surface area contributed by atoms with Crippen LogP contribution < -0.4 is 4.74 Å². The van der Waals surface area contributed by atoms with E-state index in [2.05, 4.69) is 9.97 Å². The van der Waals surface area contributed by atoms with E-state index in [1.165, 1.54) is 0 Å². The van der Waals surface area contributed by atoms with Crippen LogP contribution in [-0.2, 0) is 0 Å². The summed E-state index contributed by atoms with van der Waals surface area (Å²) in [6.07, 6.45) is 0. The van der Waals surface area contributed by atoms with Gasteiger partial charge in [0.15, 0.2) is 0 Å². The van der Waals surface area contributed by atoms with E-state index in [0.717, 1.165) is 16.6 Å². The van der Waals surface area contributed by atoms with Crippen molar-refractivity contribution in [3.63, 3.8) is 0 Å². The Morgan fingerprint density at radius 2 is 2.00 bits per heavy atom. The van der Waals surface area contributed by atoms with Crippen molar-refractivity contribution < 1.29 is 9.84 Å². The molecule has 0 unspecified atom stereocenters. The van der Waals surface area contributed by atoms with Gasteiger partial charge in [-0.2, -0.15) is 0 Å². The van der Waals surface area contributed by atoms with Crippen molar-refractivity contribution >= 4 is 11.0 Å². The lowest BCUT2D eigenvalue weighted by molar-refractivity contribution is 0.412. The highest BCUT2D eigenvalue weighted by Crippen LogP contribution is 2.32. The molecule has 0 spiro atoms. The normalized spacial score (nSPS) is 10.8. The maximum absolute atomic E-state index is 9.95. The number of H-pyrrole nitrogens is 1. The molecular weight excluding hydrogens is 240 g/mol. The van der Waals surface area contributed by atoms with Crippen molar-refractivity contribution in [2.24, 2.45) is 0 Å². The summed E-state index contributed by atoms with van der Waals surface area (Å²) >= 11 is 0. The number of nitrogens with zero attached hydrogens (tertiary/aromatic N) is 1. The molecule has 0 bridgehead atoms. The van der Waals surface area contributed by atoms with Crippen LogP contribution in [0.4, 0.5) is 0 Å². The van der Waals surface area contributed by atoms with Crippen molar-refractivity contribution in [3.8, 4) is 22.9 Å². The molecule has 0 radical (unpaired) electrons. The van der Waals surface area contributed by atoms with Gasteiger partial charge in [-0.05, 0) is 42.8 Å². The highest BCUT2D eigenvalue weighted by atomic mass is 16.5. The topological polar surface area (TPSA) is 58.1 Å². The van der Waals surface area contributed by atoms with Gasteiger partial charge in [0.1, 0.15) is 17.3 Å². The Hall–Kier alpha value is -2.49. The highest BCUT2D eigenvalue weighted by Gasteiger charge is 2.10. The van der Waals surface area contributed by atoms with E-state index in [4.69, 9.17) is 4.74 Å². The summed E-state index contributed by atoms with van der Waals surface area (Å²) < 4.78 is 5.17. The van der Waals surface area contributed by atoms with Gasteiger partial charge in [0.25, 0.3) is 0 Å². The Labute approximate surface area is 110 Å². The van der Waals surface area contributed by atoms with Crippen molar-refractivity contribution in [2.75, 3.05) is 7.11 Å². The number of fused-ring (bicyclic) bond motifs is 1. The fraction of sp³-hybridized carbons (Fsp3) is 0.133. The third-order valence-corrected chi connectivity index (χ3v) is 3.10. The molecule has 0 aliphatic carbocycles. The summed E-state index contributed by atoms with van der Waals surface area (Å²) in [4.78, 5) is 7.71. The number of benzene rings is 2. The van der Waals surface area contributed by atoms with Gasteiger partial charge in [-0.25, -0.2) is 4.98 Å². The summed E-state index contributed by atoms with van der Waals surface area (Å²) in [6.45, 7) is 2.03. The number of hydrogen-bond acceptors (Lipinski definition) is 3. The van der Waals surface area contributed by atoms with Gasteiger partial charge >= 0.3 is 0 Å². The number of aryl methyl sites for hydroxylation is 1. The second kappa shape index (κ2) is 4.31. The minimum atomic E-state index is 0.177. The summed E-state index contributed by atoms with van der Waals surface area (Å²) in [5.74, 6) is 1.50. The predicted molar refractivity (Wildman–Crippen MR) is 74.5 cm³/mol. The first-order chi connectivity index (χ1) is 9.17. The predicted octanol–water partition coefficient (Wildman–Crippen LogP) is 3.25. The lowest BCUT2D eigenvalue weighted by Gasteiger charge is -2.04. The number of phenolic OH excluding ortho intramolecular Hbond substituents is 1. The molecule has 0 fully saturated rings. The van der Waals surface area contributed by atoms with E-state index < -0.39 is 0 Å². The van der Waals surface area contributed by atoms with Gasteiger partial charge < -0.3 is 14.8 Å². The average molecular weight is 254 g/mol. The molecule has 0 aliphatic heterocycles. The zero-order chi connectivity index (χ0) is 13.4. The fourth-order valence-electron chi connectivity index (χ4n) is 2.08. The second-order valence-corrected chi connectivity index (χ2v) is 4.49. The van der Waals surface area contributed by atoms with E-state index in [1.54, 1.807) is 25.3 Å². The fourth-order valence-corrected chi connectivity index (χ4v) is 2.08. The highest BCUT2D eigenvalue weighted by molar-refractivity contribution is 5.81. The van der Waals surface area contributed by atoms with E-state index in [1.807, 2.05) is 25.1 Å². The summed E-state index contributed by atoms with van der Waals surface area (Å²) in [6, 6.07) is 11.1. The van der Waals surface area contributed by atoms with E-state index in [0.29, 0.717) is 17.1 Å². The van der Waals surface area contributed by atoms with Gasteiger partial charge in [-0.15, -0.1) is 0 Å². The molecule has 1 heterocycles. The van der Waals surface area contributed by atoms with Crippen LogP contribution in [0.1, 0.15) is 5.56 Å². The third-order valence-electron chi connectivity index (χ3n) is 3.10. The summed E-state index contributed by atoms with van der Waals surface area (Å²) in [5, 5.41) is 9.95. The van der Waals surface area contributed by atoms with Gasteiger partial charge in [-0.1, -0.05) is 6.07 Å². The van der Waals surface area contributed by atoms with E-state index in [9.17, 15) is 5.11 Å². The average Bonchev–Trinajstić information content (AvgIpc) is 2.82. The van der Waals surface area contributed by atoms with Gasteiger partial charge in [-0.3, -0.25) is 0 Å². The first-order valence-electron chi connectivity index (χ1n) is 6.01. The van der Waals surface area contributed by atoms with E-state index >= 15 is 0 Å². The molecular formula is C15H14N2O2. The largest absolute Gasteiger partial charge is 0.507 e. The van der Waals surface area contributed by atoms with Crippen molar-refractivity contribution in [3.05, 3.63) is 42.0 Å². The van der Waals surface area contributed by atoms with Gasteiger partial charge in [0.2, 0.25) is 0 Å². The SMILES string of the molecule is COc1ccc(O)c(-c2nc3ccc(C)cc3[nH]2)c1. The summed E-state index contributed by atoms with van der Waals surface area (Å²) in [7, 11) is 1.60. The molecule has 4 nitrogen and oxygen atoms in total. The Morgan fingerprint density at radius 3 is 2.79 bits per heavy atom. The number of ether oxygens (including phenoxy) is 1. The molecule has 0 aliphatic rings. The maximum Gasteiger partial charge on any atom is 0.142 e. The number of methoxy groups -OCH3 is 1. The van der Waals surface area contributed by atoms with Crippen LogP contribution in [0.5, 0.6) is 11.5 Å². The van der Waals surface area contributed by atoms with Crippen molar-refractivity contribution in [1.29, 1.82) is 0 Å². The van der Waals surface area contributed by atoms with Gasteiger partial charge in [0, 0.05) is 0 Å². The number of rotatable bonds is 2. The lowest BCUT2D eigenvalue weighted by atomic mass is 10.2. The standard InChI is InChI=1S/C15H14N2O2/c1-9-3-5-12-13(7-9)17-15(16-12)11-8-10(19-2)4-6-14(11)18/h3-8,18H,1-2H3,(H,16,17). The van der Waals surface area contributed by atoms with Crippen LogP contribution in [-0.4, -0.2) is 22.2 Å². The number of imidazole rings is 1. The summed E-state index contributed by atoms with van der Waals surface area (Å²) in [5.41, 5.74) is 3.63. The first-order valence-corrected chi connectivity index (χ1v) is 6.01. The number of hydrogen-bond donors (Lipinski definition) is 2. The Balaban J connectivity index is 2.18. The number of nitrogens with one attached hydrogen (secondary N) is 1. The van der Waals surface area contributed by atoms with Crippen molar-refractivity contribution in [2.45, 2.75) is 6.92 Å². The van der Waals surface area contributed by atoms with Crippen LogP contribution in [0.3, 0.4) is 0 Å². The van der Waals surface area contributed by atoms with Crippen LogP contribution in [0.15, 0.2) is 36.4 Å². The molecule has 2 N–H and O–H groups in total. The molecule has 96 valence electrons. The smallest absolute Gasteiger partial charge is 0.142 e. The molecule has 0 saturated heterocycles. The Morgan fingerprint density at radius 1 is 1.16 bits per heavy atom. The van der Waals surface area contributed by atoms with Gasteiger partial charge in [0.05, 0.1) is 23.7 Å². The molecule has 19 heavy (non-hydrogen) atoms. The Kier molecular flexibility index (Phi) is 2.63. The monoisotopic (exact) mass is 254 g/mol. The molecule has 4 heteroatoms. The van der Waals surface area contributed by atoms with Crippen molar-refractivity contribution in [1.82, 2.24) is 9.97 Å². The van der Waals surface area contributed by atoms with Crippen LogP contribution in [0.25, 0.3) is 22.4 Å². The number of phenols is 1. The number of aromatic nitrogens is 2. The second-order valence-electron chi connectivity index (χ2n) is 4.49. The minimum absolute atomic E-state index is 0.177. The molecule has 0 saturated carbocycles. The zero-order valence-corrected chi connectivity index (χ0v) is 10.8. The molecule has 0 atom stereocenters. The molecule has 3 aromatic rings. The quantitative estimate of drug-likeness (QED) is 0.738. The Bertz CT molecular complexity index is 747. The lowest BCUT2D eigenvalue weighted by Crippen LogP contribution is -1.86. The number of aromatic amines is 1. The van der Waals surface area contributed by atoms with Crippen LogP contribution in [0.2, 0.25) is 0 Å². The van der Waals surface area contributed by atoms with E-state index in [-0.39, 0.29) is 5.75 Å².